The number of aromatic hydroxyl groups is 2. The van der Waals surface area contributed by atoms with Gasteiger partial charge in [-0.05, 0) is 59.7 Å². The Balaban J connectivity index is -0.000000327. The quantitative estimate of drug-likeness (QED) is 0.0887. The molecule has 0 bridgehead atoms. The Kier molecular flexibility index (Phi) is 28.1. The number of hydrogen-bond donors (Lipinski definition) is 4. The Bertz CT molecular complexity index is 1530. The Hall–Kier alpha value is -6.28. The maximum absolute atomic E-state index is 11.6. The van der Waals surface area contributed by atoms with Gasteiger partial charge in [0.2, 0.25) is 0 Å². The summed E-state index contributed by atoms with van der Waals surface area (Å²) in [6.07, 6.45) is 2.58. The van der Waals surface area contributed by atoms with Crippen LogP contribution in [0.15, 0.2) is 107 Å². The van der Waals surface area contributed by atoms with Crippen LogP contribution in [0.25, 0.3) is 0 Å². The van der Waals surface area contributed by atoms with E-state index in [0.29, 0.717) is 22.3 Å². The standard InChI is InChI=1S/2C14H12N2O3.2Cu.2NO3.2H2O/c2*17-12-7-5-10(6-8-12)14(19)16-15-9-11-3-1-2-4-13(11)18;;;2*2-1(3)4;;/h2*1-9,17-18H,(H,16,19);;;;;2*1H2/q;;2*+2;2*-1;;/p-2/b2*15-9+;;;;;;. The molecule has 0 heterocycles. The number of benzene rings is 4. The van der Waals surface area contributed by atoms with Gasteiger partial charge in [-0.1, -0.05) is 60.0 Å². The smallest absolute Gasteiger partial charge is 0.872 e. The molecule has 20 nitrogen and oxygen atoms in total. The summed E-state index contributed by atoms with van der Waals surface area (Å²) in [6.45, 7) is 0. The molecule has 0 fully saturated rings. The molecular formula is C28H26Cu2N6O14. The number of phenolic OH excluding ortho intramolecular Hbond substituents is 2. The number of carbonyl (C=O) groups is 2. The molecule has 0 saturated carbocycles. The fourth-order valence-corrected chi connectivity index (χ4v) is 2.85. The van der Waals surface area contributed by atoms with Crippen molar-refractivity contribution in [1.82, 2.24) is 10.9 Å². The van der Waals surface area contributed by atoms with Gasteiger partial charge in [0.05, 0.1) is 22.6 Å². The van der Waals surface area contributed by atoms with E-state index >= 15 is 0 Å². The average molecular weight is 798 g/mol. The van der Waals surface area contributed by atoms with E-state index in [-0.39, 0.29) is 68.1 Å². The van der Waals surface area contributed by atoms with Crippen LogP contribution in [0.2, 0.25) is 0 Å². The fourth-order valence-electron chi connectivity index (χ4n) is 2.85. The van der Waals surface area contributed by atoms with Gasteiger partial charge in [0.15, 0.2) is 0 Å². The maximum Gasteiger partial charge on any atom is 2.00 e. The van der Waals surface area contributed by atoms with Crippen LogP contribution < -0.4 is 21.1 Å². The van der Waals surface area contributed by atoms with Gasteiger partial charge in [-0.3, -0.25) is 9.59 Å². The first kappa shape index (κ1) is 50.6. The molecule has 0 unspecified atom stereocenters. The van der Waals surface area contributed by atoms with Crippen LogP contribution in [0.1, 0.15) is 31.8 Å². The summed E-state index contributed by atoms with van der Waals surface area (Å²) in [5, 5.41) is 77.9. The molecule has 4 aromatic carbocycles. The van der Waals surface area contributed by atoms with Gasteiger partial charge in [-0.15, -0.1) is 0 Å². The van der Waals surface area contributed by atoms with E-state index in [1.54, 1.807) is 36.4 Å². The van der Waals surface area contributed by atoms with E-state index in [0.717, 1.165) is 0 Å². The van der Waals surface area contributed by atoms with Gasteiger partial charge in [0, 0.05) is 11.1 Å². The van der Waals surface area contributed by atoms with E-state index in [4.69, 9.17) is 40.9 Å². The molecule has 0 atom stereocenters. The topological polar surface area (TPSA) is 365 Å². The summed E-state index contributed by atoms with van der Waals surface area (Å²) in [4.78, 5) is 39.8. The Morgan fingerprint density at radius 3 is 1.08 bits per heavy atom. The number of carbonyl (C=O) groups excluding carboxylic acids is 2. The number of nitrogens with one attached hydrogen (secondary N) is 2. The second-order valence-corrected chi connectivity index (χ2v) is 8.01. The van der Waals surface area contributed by atoms with Crippen LogP contribution >= 0.6 is 0 Å². The number of phenols is 2. The molecule has 50 heavy (non-hydrogen) atoms. The summed E-state index contributed by atoms with van der Waals surface area (Å²) in [5.74, 6) is -0.991. The van der Waals surface area contributed by atoms with Crippen molar-refractivity contribution in [3.8, 4) is 23.0 Å². The van der Waals surface area contributed by atoms with Crippen LogP contribution in [0, 0.1) is 30.6 Å². The monoisotopic (exact) mass is 796 g/mol. The van der Waals surface area contributed by atoms with Gasteiger partial charge >= 0.3 is 34.1 Å². The first-order valence-electron chi connectivity index (χ1n) is 12.2. The van der Waals surface area contributed by atoms with Crippen LogP contribution in [0.4, 0.5) is 0 Å². The molecule has 274 valence electrons. The summed E-state index contributed by atoms with van der Waals surface area (Å²) in [5.41, 5.74) is 6.13. The normalized spacial score (nSPS) is 8.96. The zero-order valence-electron chi connectivity index (χ0n) is 24.8. The number of nitrogens with zero attached hydrogens (tertiary/aromatic N) is 4. The molecule has 2 amide bonds. The van der Waals surface area contributed by atoms with Gasteiger partial charge in [0.25, 0.3) is 11.8 Å². The van der Waals surface area contributed by atoms with Crippen molar-refractivity contribution < 1.29 is 85.3 Å². The molecule has 0 spiro atoms. The van der Waals surface area contributed by atoms with Crippen molar-refractivity contribution in [3.63, 3.8) is 0 Å². The second-order valence-electron chi connectivity index (χ2n) is 8.01. The van der Waals surface area contributed by atoms with Crippen LogP contribution in [-0.2, 0) is 34.1 Å². The van der Waals surface area contributed by atoms with Gasteiger partial charge < -0.3 is 62.0 Å². The predicted octanol–water partition coefficient (Wildman–Crippen LogP) is 0.327. The summed E-state index contributed by atoms with van der Waals surface area (Å²) >= 11 is 0. The molecule has 0 aliphatic rings. The molecule has 4 aromatic rings. The van der Waals surface area contributed by atoms with E-state index in [1.165, 1.54) is 73.1 Å². The van der Waals surface area contributed by atoms with E-state index < -0.39 is 22.0 Å². The largest absolute Gasteiger partial charge is 2.00 e. The third kappa shape index (κ3) is 22.3. The van der Waals surface area contributed by atoms with Crippen LogP contribution in [0.3, 0.4) is 0 Å². The van der Waals surface area contributed by atoms with Crippen molar-refractivity contribution >= 4 is 24.2 Å². The van der Waals surface area contributed by atoms with Crippen molar-refractivity contribution in [2.24, 2.45) is 10.2 Å². The van der Waals surface area contributed by atoms with Crippen LogP contribution in [0.5, 0.6) is 23.0 Å². The molecule has 22 heteroatoms. The van der Waals surface area contributed by atoms with Gasteiger partial charge in [0.1, 0.15) is 11.5 Å². The summed E-state index contributed by atoms with van der Waals surface area (Å²) < 4.78 is 0. The minimum absolute atomic E-state index is 0. The number of rotatable bonds is 6. The molecule has 0 saturated heterocycles. The number of amides is 2. The Labute approximate surface area is 302 Å². The Morgan fingerprint density at radius 2 is 0.820 bits per heavy atom. The summed E-state index contributed by atoms with van der Waals surface area (Å²) in [6, 6.07) is 24.3. The average Bonchev–Trinajstić information content (AvgIpc) is 2.99. The Morgan fingerprint density at radius 1 is 0.560 bits per heavy atom. The van der Waals surface area contributed by atoms with Crippen molar-refractivity contribution in [2.75, 3.05) is 0 Å². The SMILES string of the molecule is O.O.O=C(N/N=C/c1ccccc1[O-])c1ccc(O)cc1.O=C(N/N=C/c1ccccc1[O-])c1ccc(O)cc1.O=[N+]([O-])[O-].O=[N+]([O-])[O-].[Cu+2].[Cu+2]. The van der Waals surface area contributed by atoms with E-state index in [9.17, 15) is 19.8 Å². The summed E-state index contributed by atoms with van der Waals surface area (Å²) in [7, 11) is 0. The first-order chi connectivity index (χ1) is 21.8. The molecule has 0 aromatic heterocycles. The molecule has 0 aliphatic carbocycles. The van der Waals surface area contributed by atoms with Crippen molar-refractivity contribution in [1.29, 1.82) is 0 Å². The third-order valence-corrected chi connectivity index (χ3v) is 4.84. The van der Waals surface area contributed by atoms with E-state index in [2.05, 4.69) is 21.1 Å². The molecular weight excluding hydrogens is 771 g/mol. The predicted molar refractivity (Wildman–Crippen MR) is 166 cm³/mol. The molecule has 4 rings (SSSR count). The third-order valence-electron chi connectivity index (χ3n) is 4.84. The molecule has 2 radical (unpaired) electrons. The molecule has 0 aliphatic heterocycles. The zero-order valence-corrected chi connectivity index (χ0v) is 26.6. The van der Waals surface area contributed by atoms with Crippen LogP contribution in [-0.4, -0.2) is 55.6 Å². The van der Waals surface area contributed by atoms with E-state index in [1.807, 2.05) is 0 Å². The second kappa shape index (κ2) is 27.8. The minimum atomic E-state index is -1.75. The maximum atomic E-state index is 11.6. The van der Waals surface area contributed by atoms with Gasteiger partial charge in [-0.25, -0.2) is 10.9 Å². The van der Waals surface area contributed by atoms with Crippen molar-refractivity contribution in [3.05, 3.63) is 150 Å². The zero-order chi connectivity index (χ0) is 34.5. The minimum Gasteiger partial charge on any atom is -0.872 e. The number of hydrazone groups is 2. The van der Waals surface area contributed by atoms with Crippen molar-refractivity contribution in [2.45, 2.75) is 0 Å². The molecule has 8 N–H and O–H groups in total. The fraction of sp³-hybridized carbons (Fsp3) is 0. The number of hydrogen-bond acceptors (Lipinski definition) is 14. The number of para-hydroxylation sites is 2. The first-order valence-corrected chi connectivity index (χ1v) is 12.2. The van der Waals surface area contributed by atoms with Gasteiger partial charge in [-0.2, -0.15) is 10.2 Å².